The second-order valence-corrected chi connectivity index (χ2v) is 9.30. The number of quaternary nitrogens is 1. The summed E-state index contributed by atoms with van der Waals surface area (Å²) < 4.78 is 80.6. The molecule has 7 nitrogen and oxygen atoms in total. The summed E-state index contributed by atoms with van der Waals surface area (Å²) in [6.45, 7) is -0.431. The number of aromatic nitrogens is 2. The van der Waals surface area contributed by atoms with Gasteiger partial charge in [0.15, 0.2) is 17.2 Å². The Morgan fingerprint density at radius 3 is 2.10 bits per heavy atom. The van der Waals surface area contributed by atoms with Crippen molar-refractivity contribution < 1.29 is 36.5 Å². The molecule has 0 spiro atoms. The number of nitrogen functional groups attached to an aromatic ring is 1. The molecule has 1 aromatic heterocycles. The first kappa shape index (κ1) is 30.3. The van der Waals surface area contributed by atoms with Gasteiger partial charge in [0, 0.05) is 16.7 Å². The normalized spacial score (nSPS) is 12.5. The first-order valence-corrected chi connectivity index (χ1v) is 12.4. The van der Waals surface area contributed by atoms with E-state index in [4.69, 9.17) is 22.9 Å². The zero-order chi connectivity index (χ0) is 30.7. The van der Waals surface area contributed by atoms with E-state index in [1.54, 1.807) is 42.5 Å². The Bertz CT molecular complexity index is 1640. The number of rotatable bonds is 8. The molecule has 0 aliphatic carbocycles. The Hall–Kier alpha value is -4.62. The van der Waals surface area contributed by atoms with Crippen LogP contribution in [0.25, 0.3) is 11.4 Å². The van der Waals surface area contributed by atoms with E-state index in [0.29, 0.717) is 17.7 Å². The van der Waals surface area contributed by atoms with Crippen molar-refractivity contribution in [1.29, 1.82) is 5.53 Å². The minimum Gasteiger partial charge on any atom is -0.397 e. The van der Waals surface area contributed by atoms with E-state index in [9.17, 15) is 31.1 Å². The molecule has 0 aliphatic heterocycles. The first-order chi connectivity index (χ1) is 19.8. The van der Waals surface area contributed by atoms with Crippen LogP contribution in [0.3, 0.4) is 0 Å². The molecule has 4 aromatic rings. The number of benzene rings is 3. The highest BCUT2D eigenvalue weighted by molar-refractivity contribution is 6.35. The van der Waals surface area contributed by atoms with Gasteiger partial charge < -0.3 is 11.1 Å². The molecule has 14 heteroatoms. The van der Waals surface area contributed by atoms with Crippen LogP contribution in [0.1, 0.15) is 43.9 Å². The van der Waals surface area contributed by atoms with Gasteiger partial charge in [-0.15, -0.1) is 5.10 Å². The van der Waals surface area contributed by atoms with Gasteiger partial charge in [0.1, 0.15) is 12.2 Å². The largest absolute Gasteiger partial charge is 0.416 e. The molecule has 0 radical (unpaired) electrons. The average Bonchev–Trinajstić information content (AvgIpc) is 2.94. The van der Waals surface area contributed by atoms with Crippen LogP contribution < -0.4 is 11.1 Å². The zero-order valence-corrected chi connectivity index (χ0v) is 22.0. The van der Waals surface area contributed by atoms with Crippen molar-refractivity contribution in [3.8, 4) is 0 Å². The minimum absolute atomic E-state index is 0.0386. The fraction of sp³-hybridized carbons (Fsp3) is 0.107. The summed E-state index contributed by atoms with van der Waals surface area (Å²) >= 11 is 6.22. The van der Waals surface area contributed by atoms with Crippen LogP contribution in [-0.2, 0) is 18.9 Å². The number of carbonyl (C=O) groups excluding carboxylic acids is 1. The van der Waals surface area contributed by atoms with E-state index in [-0.39, 0.29) is 50.6 Å². The molecule has 0 bridgehead atoms. The molecular formula is C28H20ClF6N6O+. The van der Waals surface area contributed by atoms with Gasteiger partial charge in [-0.1, -0.05) is 41.9 Å². The second kappa shape index (κ2) is 12.1. The number of ketones is 1. The number of hydrogen-bond donors (Lipinski definition) is 3. The van der Waals surface area contributed by atoms with Gasteiger partial charge in [-0.25, -0.2) is 5.53 Å². The third-order valence-electron chi connectivity index (χ3n) is 6.09. The summed E-state index contributed by atoms with van der Waals surface area (Å²) in [5.41, 5.74) is 10.6. The van der Waals surface area contributed by atoms with Crippen molar-refractivity contribution in [2.24, 2.45) is 5.11 Å². The Kier molecular flexibility index (Phi) is 8.73. The van der Waals surface area contributed by atoms with Crippen molar-refractivity contribution in [1.82, 2.24) is 10.2 Å². The van der Waals surface area contributed by atoms with Gasteiger partial charge in [0.05, 0.1) is 33.6 Å². The smallest absolute Gasteiger partial charge is 0.397 e. The lowest BCUT2D eigenvalue weighted by Gasteiger charge is -2.15. The lowest BCUT2D eigenvalue weighted by molar-refractivity contribution is -0.579. The SMILES string of the molecule is N=N/C(=C(\[NH2+]Cc1cc(C(F)(F)F)cc(C(F)(F)F)c1)c1ccccc1)c1nncc(N)c1C(=O)c1ccccc1Cl. The van der Waals surface area contributed by atoms with Crippen LogP contribution in [0.2, 0.25) is 5.02 Å². The van der Waals surface area contributed by atoms with Crippen LogP contribution in [-0.4, -0.2) is 16.0 Å². The minimum atomic E-state index is -5.03. The molecule has 0 amide bonds. The van der Waals surface area contributed by atoms with E-state index < -0.39 is 35.8 Å². The molecule has 0 atom stereocenters. The summed E-state index contributed by atoms with van der Waals surface area (Å²) in [6, 6.07) is 15.5. The highest BCUT2D eigenvalue weighted by Crippen LogP contribution is 2.36. The standard InChI is InChI=1S/C28H19ClF6N6O/c29-20-9-5-4-8-19(20)26(42)22-21(36)14-39-41-24(22)25(40-37)23(16-6-2-1-3-7-16)38-13-15-10-17(27(30,31)32)12-18(11-15)28(33,34)35/h1-12,14,37-38H,13H2,(H2,36,41)/p+1/b25-23-,40-37?. The van der Waals surface area contributed by atoms with Crippen LogP contribution in [0, 0.1) is 5.53 Å². The number of halogens is 7. The molecule has 0 saturated carbocycles. The predicted octanol–water partition coefficient (Wildman–Crippen LogP) is 6.60. The lowest BCUT2D eigenvalue weighted by atomic mass is 9.98. The van der Waals surface area contributed by atoms with Crippen molar-refractivity contribution in [2.75, 3.05) is 5.73 Å². The van der Waals surface area contributed by atoms with Gasteiger partial charge in [-0.05, 0) is 42.5 Å². The van der Waals surface area contributed by atoms with Crippen LogP contribution in [0.15, 0.2) is 84.1 Å². The molecular weight excluding hydrogens is 586 g/mol. The van der Waals surface area contributed by atoms with Crippen LogP contribution in [0.5, 0.6) is 0 Å². The Morgan fingerprint density at radius 2 is 1.52 bits per heavy atom. The molecule has 1 heterocycles. The molecule has 0 aliphatic rings. The Labute approximate surface area is 239 Å². The third kappa shape index (κ3) is 6.64. The van der Waals surface area contributed by atoms with E-state index in [1.165, 1.54) is 17.4 Å². The van der Waals surface area contributed by atoms with Crippen molar-refractivity contribution in [3.05, 3.63) is 123 Å². The monoisotopic (exact) mass is 605 g/mol. The molecule has 3 aromatic carbocycles. The van der Waals surface area contributed by atoms with Crippen LogP contribution in [0.4, 0.5) is 32.0 Å². The fourth-order valence-corrected chi connectivity index (χ4v) is 4.37. The number of nitrogens with two attached hydrogens (primary N) is 2. The van der Waals surface area contributed by atoms with Crippen LogP contribution >= 0.6 is 11.6 Å². The molecule has 42 heavy (non-hydrogen) atoms. The van der Waals surface area contributed by atoms with Crippen molar-refractivity contribution >= 4 is 34.5 Å². The lowest BCUT2D eigenvalue weighted by Crippen LogP contribution is -2.79. The summed E-state index contributed by atoms with van der Waals surface area (Å²) in [7, 11) is 0. The number of hydrogen-bond acceptors (Lipinski definition) is 6. The highest BCUT2D eigenvalue weighted by atomic mass is 35.5. The molecule has 216 valence electrons. The maximum atomic E-state index is 13.5. The van der Waals surface area contributed by atoms with Gasteiger partial charge in [0.2, 0.25) is 0 Å². The summed E-state index contributed by atoms with van der Waals surface area (Å²) in [5.74, 6) is -0.663. The maximum Gasteiger partial charge on any atom is 0.416 e. The van der Waals surface area contributed by atoms with Crippen molar-refractivity contribution in [3.63, 3.8) is 0 Å². The quantitative estimate of drug-likeness (QED) is 0.119. The van der Waals surface area contributed by atoms with E-state index in [2.05, 4.69) is 15.3 Å². The number of alkyl halides is 6. The van der Waals surface area contributed by atoms with E-state index >= 15 is 0 Å². The zero-order valence-electron chi connectivity index (χ0n) is 21.3. The average molecular weight is 606 g/mol. The number of nitrogens with one attached hydrogen (secondary N) is 1. The second-order valence-electron chi connectivity index (χ2n) is 8.89. The molecule has 0 saturated heterocycles. The van der Waals surface area contributed by atoms with Gasteiger partial charge in [-0.3, -0.25) is 4.79 Å². The van der Waals surface area contributed by atoms with E-state index in [1.807, 2.05) is 0 Å². The van der Waals surface area contributed by atoms with Gasteiger partial charge in [-0.2, -0.15) is 36.6 Å². The number of nitrogens with zero attached hydrogens (tertiary/aromatic N) is 3. The summed E-state index contributed by atoms with van der Waals surface area (Å²) in [4.78, 5) is 13.5. The van der Waals surface area contributed by atoms with Gasteiger partial charge >= 0.3 is 12.4 Å². The molecule has 5 N–H and O–H groups in total. The molecule has 4 rings (SSSR count). The number of carbonyl (C=O) groups is 1. The maximum absolute atomic E-state index is 13.5. The van der Waals surface area contributed by atoms with Gasteiger partial charge in [0.25, 0.3) is 0 Å². The highest BCUT2D eigenvalue weighted by Gasteiger charge is 2.37. The predicted molar refractivity (Wildman–Crippen MR) is 142 cm³/mol. The summed E-state index contributed by atoms with van der Waals surface area (Å²) in [5, 5.41) is 12.7. The van der Waals surface area contributed by atoms with Crippen molar-refractivity contribution in [2.45, 2.75) is 18.9 Å². The first-order valence-electron chi connectivity index (χ1n) is 12.0. The van der Waals surface area contributed by atoms with E-state index in [0.717, 1.165) is 6.20 Å². The fourth-order valence-electron chi connectivity index (χ4n) is 4.15. The molecule has 0 unspecified atom stereocenters. The summed E-state index contributed by atoms with van der Waals surface area (Å²) in [6.07, 6.45) is -8.94. The number of anilines is 1. The Balaban J connectivity index is 1.88. The molecule has 0 fully saturated rings. The topological polar surface area (TPSA) is 122 Å². The Morgan fingerprint density at radius 1 is 0.929 bits per heavy atom. The third-order valence-corrected chi connectivity index (χ3v) is 6.42.